The minimum absolute atomic E-state index is 0. The van der Waals surface area contributed by atoms with Crippen molar-refractivity contribution in [3.05, 3.63) is 35.4 Å². The lowest BCUT2D eigenvalue weighted by Crippen LogP contribution is -2.20. The summed E-state index contributed by atoms with van der Waals surface area (Å²) in [5.74, 6) is 0.618. The van der Waals surface area contributed by atoms with Crippen LogP contribution in [0, 0.1) is 0 Å². The van der Waals surface area contributed by atoms with Gasteiger partial charge in [0.1, 0.15) is 0 Å². The molecule has 1 heteroatoms. The van der Waals surface area contributed by atoms with E-state index in [-0.39, 0.29) is 14.9 Å². The zero-order chi connectivity index (χ0) is 11.6. The first-order chi connectivity index (χ1) is 7.65. The molecule has 1 unspecified atom stereocenters. The molecule has 18 heavy (non-hydrogen) atoms. The number of hydrogen-bond acceptors (Lipinski definition) is 1. The molecular weight excluding hydrogens is 220 g/mol. The fourth-order valence-corrected chi connectivity index (χ4v) is 2.61. The van der Waals surface area contributed by atoms with E-state index in [0.29, 0.717) is 5.92 Å². The van der Waals surface area contributed by atoms with Crippen LogP contribution in [0.15, 0.2) is 24.3 Å². The number of rotatable bonds is 3. The Morgan fingerprint density at radius 3 is 2.06 bits per heavy atom. The largest absolute Gasteiger partial charge is 0.385 e. The average Bonchev–Trinajstić information content (AvgIpc) is 2.77. The van der Waals surface area contributed by atoms with Crippen molar-refractivity contribution in [2.75, 3.05) is 0 Å². The summed E-state index contributed by atoms with van der Waals surface area (Å²) in [5.41, 5.74) is 1.96. The molecule has 2 rings (SSSR count). The average molecular weight is 250 g/mol. The molecule has 1 aromatic rings. The van der Waals surface area contributed by atoms with E-state index in [1.54, 1.807) is 0 Å². The molecule has 1 saturated carbocycles. The lowest BCUT2D eigenvalue weighted by molar-refractivity contribution is 0.0444. The van der Waals surface area contributed by atoms with Crippen LogP contribution in [-0.4, -0.2) is 5.11 Å². The normalized spacial score (nSPS) is 18.6. The minimum atomic E-state index is -0.534. The predicted molar refractivity (Wildman–Crippen MR) is 81.0 cm³/mol. The smallest absolute Gasteiger partial charge is 0.0896 e. The van der Waals surface area contributed by atoms with Crippen molar-refractivity contribution in [3.63, 3.8) is 0 Å². The highest BCUT2D eigenvalue weighted by Crippen LogP contribution is 2.38. The van der Waals surface area contributed by atoms with E-state index in [0.717, 1.165) is 31.2 Å². The van der Waals surface area contributed by atoms with Gasteiger partial charge >= 0.3 is 0 Å². The molecule has 0 spiro atoms. The zero-order valence-electron chi connectivity index (χ0n) is 10.4. The molecule has 1 nitrogen and oxygen atoms in total. The van der Waals surface area contributed by atoms with Gasteiger partial charge in [-0.2, -0.15) is 0 Å². The van der Waals surface area contributed by atoms with E-state index in [2.05, 4.69) is 38.1 Å². The van der Waals surface area contributed by atoms with Crippen molar-refractivity contribution in [2.24, 2.45) is 0 Å². The summed E-state index contributed by atoms with van der Waals surface area (Å²) in [5, 5.41) is 10.4. The van der Waals surface area contributed by atoms with Crippen molar-refractivity contribution < 1.29 is 5.11 Å². The van der Waals surface area contributed by atoms with Gasteiger partial charge in [0.05, 0.1) is 5.60 Å². The van der Waals surface area contributed by atoms with Crippen LogP contribution in [-0.2, 0) is 5.60 Å². The molecule has 0 aliphatic heterocycles. The molecule has 0 amide bonds. The molecular formula is C17H30O. The van der Waals surface area contributed by atoms with E-state index < -0.39 is 5.60 Å². The lowest BCUT2D eigenvalue weighted by Gasteiger charge is -2.23. The molecule has 0 saturated heterocycles. The first-order valence-corrected chi connectivity index (χ1v) is 6.48. The second-order valence-corrected chi connectivity index (χ2v) is 5.17. The molecule has 1 aliphatic carbocycles. The van der Waals surface area contributed by atoms with E-state index in [1.807, 2.05) is 0 Å². The summed E-state index contributed by atoms with van der Waals surface area (Å²) in [6.45, 7) is 4.46. The number of aliphatic hydroxyl groups is 1. The Bertz CT molecular complexity index is 333. The highest BCUT2D eigenvalue weighted by atomic mass is 16.3. The third kappa shape index (κ3) is 3.35. The Kier molecular flexibility index (Phi) is 6.62. The van der Waals surface area contributed by atoms with Crippen LogP contribution in [0.3, 0.4) is 0 Å². The summed E-state index contributed by atoms with van der Waals surface area (Å²) < 4.78 is 0. The Hall–Kier alpha value is -0.820. The molecule has 1 fully saturated rings. The Labute approximate surface area is 113 Å². The van der Waals surface area contributed by atoms with Crippen LogP contribution < -0.4 is 0 Å². The molecule has 1 aromatic carbocycles. The van der Waals surface area contributed by atoms with Gasteiger partial charge in [-0.15, -0.1) is 0 Å². The quantitative estimate of drug-likeness (QED) is 0.778. The number of benzene rings is 1. The second-order valence-electron chi connectivity index (χ2n) is 5.17. The van der Waals surface area contributed by atoms with Gasteiger partial charge in [0.15, 0.2) is 0 Å². The molecule has 1 N–H and O–H groups in total. The summed E-state index contributed by atoms with van der Waals surface area (Å²) in [7, 11) is 0. The maximum atomic E-state index is 10.4. The highest BCUT2D eigenvalue weighted by molar-refractivity contribution is 5.29. The van der Waals surface area contributed by atoms with Crippen molar-refractivity contribution in [2.45, 2.75) is 72.3 Å². The molecule has 1 aliphatic rings. The van der Waals surface area contributed by atoms with E-state index in [1.165, 1.54) is 12.0 Å². The Morgan fingerprint density at radius 1 is 1.11 bits per heavy atom. The van der Waals surface area contributed by atoms with Gasteiger partial charge in [0.25, 0.3) is 0 Å². The minimum Gasteiger partial charge on any atom is -0.385 e. The Balaban J connectivity index is 0.00000144. The molecule has 0 bridgehead atoms. The maximum absolute atomic E-state index is 10.4. The highest BCUT2D eigenvalue weighted by Gasteiger charge is 2.32. The van der Waals surface area contributed by atoms with Gasteiger partial charge in [-0.05, 0) is 36.3 Å². The fourth-order valence-electron chi connectivity index (χ4n) is 2.61. The molecule has 1 atom stereocenters. The number of hydrogen-bond donors (Lipinski definition) is 1. The molecule has 104 valence electrons. The fraction of sp³-hybridized carbons (Fsp3) is 0.647. The first-order valence-electron chi connectivity index (χ1n) is 6.48. The van der Waals surface area contributed by atoms with Gasteiger partial charge in [0, 0.05) is 0 Å². The van der Waals surface area contributed by atoms with E-state index >= 15 is 0 Å². The van der Waals surface area contributed by atoms with Crippen LogP contribution in [0.4, 0.5) is 0 Å². The standard InChI is InChI=1S/C15H22O.2CH4/c1-3-12(2)13-6-8-14(9-7-13)15(16)10-4-5-11-15;;/h6-9,12,16H,3-5,10-11H2,1-2H3;2*1H4. The van der Waals surface area contributed by atoms with E-state index in [4.69, 9.17) is 0 Å². The summed E-state index contributed by atoms with van der Waals surface area (Å²) >= 11 is 0. The van der Waals surface area contributed by atoms with Crippen molar-refractivity contribution in [3.8, 4) is 0 Å². The lowest BCUT2D eigenvalue weighted by atomic mass is 9.89. The summed E-state index contributed by atoms with van der Waals surface area (Å²) in [6, 6.07) is 8.60. The van der Waals surface area contributed by atoms with Gasteiger partial charge in [-0.1, -0.05) is 65.8 Å². The van der Waals surface area contributed by atoms with Gasteiger partial charge < -0.3 is 5.11 Å². The topological polar surface area (TPSA) is 20.2 Å². The van der Waals surface area contributed by atoms with Gasteiger partial charge in [0.2, 0.25) is 0 Å². The SMILES string of the molecule is C.C.CCC(C)c1ccc(C2(O)CCCC2)cc1. The van der Waals surface area contributed by atoms with Crippen molar-refractivity contribution in [1.29, 1.82) is 0 Å². The molecule has 0 radical (unpaired) electrons. The monoisotopic (exact) mass is 250 g/mol. The maximum Gasteiger partial charge on any atom is 0.0896 e. The summed E-state index contributed by atoms with van der Waals surface area (Å²) in [4.78, 5) is 0. The summed E-state index contributed by atoms with van der Waals surface area (Å²) in [6.07, 6.45) is 5.34. The van der Waals surface area contributed by atoms with Gasteiger partial charge in [-0.25, -0.2) is 0 Å². The van der Waals surface area contributed by atoms with E-state index in [9.17, 15) is 5.11 Å². The molecule has 0 aromatic heterocycles. The van der Waals surface area contributed by atoms with Crippen LogP contribution in [0.5, 0.6) is 0 Å². The Morgan fingerprint density at radius 2 is 1.61 bits per heavy atom. The van der Waals surface area contributed by atoms with Crippen LogP contribution in [0.1, 0.15) is 77.8 Å². The first kappa shape index (κ1) is 17.2. The third-order valence-electron chi connectivity index (χ3n) is 4.06. The third-order valence-corrected chi connectivity index (χ3v) is 4.06. The van der Waals surface area contributed by atoms with Crippen LogP contribution in [0.2, 0.25) is 0 Å². The second kappa shape index (κ2) is 6.94. The van der Waals surface area contributed by atoms with Crippen LogP contribution in [0.25, 0.3) is 0 Å². The van der Waals surface area contributed by atoms with Gasteiger partial charge in [-0.3, -0.25) is 0 Å². The van der Waals surface area contributed by atoms with Crippen molar-refractivity contribution in [1.82, 2.24) is 0 Å². The zero-order valence-corrected chi connectivity index (χ0v) is 10.4. The van der Waals surface area contributed by atoms with Crippen molar-refractivity contribution >= 4 is 0 Å². The predicted octanol–water partition coefficient (Wildman–Crippen LogP) is 5.23. The molecule has 0 heterocycles. The van der Waals surface area contributed by atoms with Crippen LogP contribution >= 0.6 is 0 Å².